The third-order valence-electron chi connectivity index (χ3n) is 3.70. The van der Waals surface area contributed by atoms with Gasteiger partial charge in [-0.1, -0.05) is 5.21 Å². The second-order valence-corrected chi connectivity index (χ2v) is 6.45. The first-order chi connectivity index (χ1) is 13.1. The molecule has 2 heterocycles. The number of thiazole rings is 1. The topological polar surface area (TPSA) is 91.2 Å². The number of carbonyl (C=O) groups is 1. The Morgan fingerprint density at radius 1 is 1.26 bits per heavy atom. The van der Waals surface area contributed by atoms with E-state index < -0.39 is 0 Å². The van der Waals surface area contributed by atoms with Gasteiger partial charge in [0.15, 0.2) is 11.5 Å². The molecule has 3 aromatic rings. The van der Waals surface area contributed by atoms with Gasteiger partial charge in [0.2, 0.25) is 5.91 Å². The number of methoxy groups -OCH3 is 1. The first-order valence-electron chi connectivity index (χ1n) is 8.58. The van der Waals surface area contributed by atoms with Crippen LogP contribution >= 0.6 is 11.3 Å². The highest BCUT2D eigenvalue weighted by Crippen LogP contribution is 2.34. The Morgan fingerprint density at radius 2 is 2.11 bits per heavy atom. The molecule has 0 saturated heterocycles. The second-order valence-electron chi connectivity index (χ2n) is 5.59. The summed E-state index contributed by atoms with van der Waals surface area (Å²) in [4.78, 5) is 16.3. The van der Waals surface area contributed by atoms with Gasteiger partial charge < -0.3 is 14.8 Å². The fraction of sp³-hybridized carbons (Fsp3) is 0.333. The standard InChI is InChI=1S/C18H21N5O3S/c1-4-19-17(24)10-23-9-13(21-22-23)14-11-27-18(20-14)12-6-7-15(26-5-2)16(8-12)25-3/h6-9,11H,4-5,10H2,1-3H3,(H,19,24). The summed E-state index contributed by atoms with van der Waals surface area (Å²) in [5, 5.41) is 13.6. The Balaban J connectivity index is 1.79. The van der Waals surface area contributed by atoms with Gasteiger partial charge in [-0.05, 0) is 32.0 Å². The van der Waals surface area contributed by atoms with E-state index in [1.165, 1.54) is 16.0 Å². The Morgan fingerprint density at radius 3 is 2.85 bits per heavy atom. The van der Waals surface area contributed by atoms with E-state index in [2.05, 4.69) is 20.6 Å². The van der Waals surface area contributed by atoms with Gasteiger partial charge in [-0.15, -0.1) is 16.4 Å². The molecule has 0 bridgehead atoms. The molecule has 1 amide bonds. The fourth-order valence-electron chi connectivity index (χ4n) is 2.49. The smallest absolute Gasteiger partial charge is 0.241 e. The maximum absolute atomic E-state index is 11.6. The van der Waals surface area contributed by atoms with Crippen molar-refractivity contribution in [1.29, 1.82) is 0 Å². The molecule has 0 aliphatic rings. The average molecular weight is 387 g/mol. The summed E-state index contributed by atoms with van der Waals surface area (Å²) in [5.41, 5.74) is 2.27. The van der Waals surface area contributed by atoms with Gasteiger partial charge >= 0.3 is 0 Å². The number of amides is 1. The van der Waals surface area contributed by atoms with Crippen molar-refractivity contribution < 1.29 is 14.3 Å². The van der Waals surface area contributed by atoms with Crippen LogP contribution in [0.2, 0.25) is 0 Å². The van der Waals surface area contributed by atoms with Crippen LogP contribution in [0.4, 0.5) is 0 Å². The minimum atomic E-state index is -0.102. The summed E-state index contributed by atoms with van der Waals surface area (Å²) in [7, 11) is 1.61. The summed E-state index contributed by atoms with van der Waals surface area (Å²) in [6.07, 6.45) is 1.72. The molecule has 0 atom stereocenters. The van der Waals surface area contributed by atoms with Crippen molar-refractivity contribution in [1.82, 2.24) is 25.3 Å². The number of carbonyl (C=O) groups excluding carboxylic acids is 1. The number of aromatic nitrogens is 4. The van der Waals surface area contributed by atoms with Gasteiger partial charge in [-0.3, -0.25) is 4.79 Å². The number of nitrogens with zero attached hydrogens (tertiary/aromatic N) is 4. The van der Waals surface area contributed by atoms with E-state index in [9.17, 15) is 4.79 Å². The predicted molar refractivity (Wildman–Crippen MR) is 103 cm³/mol. The zero-order valence-corrected chi connectivity index (χ0v) is 16.2. The maximum Gasteiger partial charge on any atom is 0.241 e. The third kappa shape index (κ3) is 4.43. The van der Waals surface area contributed by atoms with Crippen molar-refractivity contribution >= 4 is 17.2 Å². The fourth-order valence-corrected chi connectivity index (χ4v) is 3.30. The molecule has 0 aliphatic heterocycles. The van der Waals surface area contributed by atoms with Gasteiger partial charge in [0.05, 0.1) is 19.9 Å². The molecule has 0 unspecified atom stereocenters. The number of ether oxygens (including phenoxy) is 2. The van der Waals surface area contributed by atoms with Crippen LogP contribution in [0.25, 0.3) is 22.0 Å². The first-order valence-corrected chi connectivity index (χ1v) is 9.46. The first kappa shape index (κ1) is 18.8. The third-order valence-corrected chi connectivity index (χ3v) is 4.59. The predicted octanol–water partition coefficient (Wildman–Crippen LogP) is 2.61. The van der Waals surface area contributed by atoms with E-state index in [0.29, 0.717) is 36.0 Å². The van der Waals surface area contributed by atoms with Gasteiger partial charge in [0, 0.05) is 17.5 Å². The highest BCUT2D eigenvalue weighted by atomic mass is 32.1. The van der Waals surface area contributed by atoms with Crippen LogP contribution in [-0.2, 0) is 11.3 Å². The van der Waals surface area contributed by atoms with Gasteiger partial charge in [0.1, 0.15) is 22.9 Å². The average Bonchev–Trinajstić information content (AvgIpc) is 3.32. The molecule has 9 heteroatoms. The van der Waals surface area contributed by atoms with Crippen molar-refractivity contribution in [3.63, 3.8) is 0 Å². The number of benzene rings is 1. The highest BCUT2D eigenvalue weighted by molar-refractivity contribution is 7.13. The van der Waals surface area contributed by atoms with E-state index >= 15 is 0 Å². The molecule has 27 heavy (non-hydrogen) atoms. The van der Waals surface area contributed by atoms with Gasteiger partial charge in [-0.25, -0.2) is 9.67 Å². The van der Waals surface area contributed by atoms with E-state index in [0.717, 1.165) is 10.6 Å². The number of likely N-dealkylation sites (N-methyl/N-ethyl adjacent to an activating group) is 1. The summed E-state index contributed by atoms with van der Waals surface area (Å²) < 4.78 is 12.4. The number of rotatable bonds is 8. The highest BCUT2D eigenvalue weighted by Gasteiger charge is 2.13. The maximum atomic E-state index is 11.6. The molecule has 142 valence electrons. The van der Waals surface area contributed by atoms with Crippen LogP contribution in [0.3, 0.4) is 0 Å². The van der Waals surface area contributed by atoms with Crippen LogP contribution in [0.15, 0.2) is 29.8 Å². The molecule has 8 nitrogen and oxygen atoms in total. The monoisotopic (exact) mass is 387 g/mol. The van der Waals surface area contributed by atoms with E-state index in [-0.39, 0.29) is 12.5 Å². The van der Waals surface area contributed by atoms with Crippen molar-refractivity contribution in [3.05, 3.63) is 29.8 Å². The summed E-state index contributed by atoms with van der Waals surface area (Å²) in [6, 6.07) is 5.73. The van der Waals surface area contributed by atoms with E-state index in [1.54, 1.807) is 13.3 Å². The Kier molecular flexibility index (Phi) is 6.02. The molecule has 0 aliphatic carbocycles. The van der Waals surface area contributed by atoms with E-state index in [1.807, 2.05) is 37.4 Å². The Hall–Kier alpha value is -2.94. The number of nitrogens with one attached hydrogen (secondary N) is 1. The van der Waals surface area contributed by atoms with Crippen molar-refractivity contribution in [3.8, 4) is 33.5 Å². The van der Waals surface area contributed by atoms with Gasteiger partial charge in [0.25, 0.3) is 0 Å². The Bertz CT molecular complexity index is 921. The summed E-state index contributed by atoms with van der Waals surface area (Å²) in [5.74, 6) is 1.27. The second kappa shape index (κ2) is 8.63. The molecule has 0 spiro atoms. The van der Waals surface area contributed by atoms with E-state index in [4.69, 9.17) is 9.47 Å². The molecular formula is C18H21N5O3S. The lowest BCUT2D eigenvalue weighted by molar-refractivity contribution is -0.121. The van der Waals surface area contributed by atoms with Crippen LogP contribution in [0, 0.1) is 0 Å². The van der Waals surface area contributed by atoms with Crippen LogP contribution in [0.5, 0.6) is 11.5 Å². The quantitative estimate of drug-likeness (QED) is 0.639. The molecule has 1 aromatic carbocycles. The molecular weight excluding hydrogens is 366 g/mol. The molecule has 0 saturated carbocycles. The molecule has 3 rings (SSSR count). The van der Waals surface area contributed by atoms with Crippen molar-refractivity contribution in [2.75, 3.05) is 20.3 Å². The minimum absolute atomic E-state index is 0.102. The lowest BCUT2D eigenvalue weighted by atomic mass is 10.2. The normalized spacial score (nSPS) is 10.6. The Labute approximate surface area is 161 Å². The SMILES string of the molecule is CCNC(=O)Cn1cc(-c2csc(-c3ccc(OCC)c(OC)c3)n2)nn1. The zero-order chi connectivity index (χ0) is 19.2. The largest absolute Gasteiger partial charge is 0.493 e. The minimum Gasteiger partial charge on any atom is -0.493 e. The zero-order valence-electron chi connectivity index (χ0n) is 15.4. The van der Waals surface area contributed by atoms with Crippen LogP contribution in [-0.4, -0.2) is 46.1 Å². The molecule has 0 fully saturated rings. The summed E-state index contributed by atoms with van der Waals surface area (Å²) in [6.45, 7) is 5.09. The molecule has 1 N–H and O–H groups in total. The van der Waals surface area contributed by atoms with Gasteiger partial charge in [-0.2, -0.15) is 0 Å². The van der Waals surface area contributed by atoms with Crippen LogP contribution < -0.4 is 14.8 Å². The molecule has 2 aromatic heterocycles. The van der Waals surface area contributed by atoms with Crippen molar-refractivity contribution in [2.45, 2.75) is 20.4 Å². The lowest BCUT2D eigenvalue weighted by Crippen LogP contribution is -2.27. The van der Waals surface area contributed by atoms with Crippen LogP contribution in [0.1, 0.15) is 13.8 Å². The number of hydrogen-bond donors (Lipinski definition) is 1. The summed E-state index contributed by atoms with van der Waals surface area (Å²) >= 11 is 1.50. The van der Waals surface area contributed by atoms with Crippen molar-refractivity contribution in [2.24, 2.45) is 0 Å². The lowest BCUT2D eigenvalue weighted by Gasteiger charge is -2.09. The molecule has 0 radical (unpaired) electrons. The number of hydrogen-bond acceptors (Lipinski definition) is 7.